The normalized spacial score (nSPS) is 17.5. The third-order valence-electron chi connectivity index (χ3n) is 7.83. The number of nitrogens with zero attached hydrogens (tertiary/aromatic N) is 6. The van der Waals surface area contributed by atoms with E-state index in [4.69, 9.17) is 5.73 Å². The van der Waals surface area contributed by atoms with Crippen LogP contribution in [0.1, 0.15) is 61.9 Å². The minimum Gasteiger partial charge on any atom is -0.368 e. The van der Waals surface area contributed by atoms with Gasteiger partial charge >= 0.3 is 0 Å². The summed E-state index contributed by atoms with van der Waals surface area (Å²) in [5.41, 5.74) is 14.2. The van der Waals surface area contributed by atoms with E-state index >= 15 is 0 Å². The van der Waals surface area contributed by atoms with Crippen molar-refractivity contribution in [3.63, 3.8) is 0 Å². The zero-order chi connectivity index (χ0) is 26.1. The molecule has 3 heterocycles. The molecular weight excluding hydrogens is 474 g/mol. The summed E-state index contributed by atoms with van der Waals surface area (Å²) < 4.78 is 1.55. The maximum absolute atomic E-state index is 6.27. The van der Waals surface area contributed by atoms with Crippen LogP contribution in [0.3, 0.4) is 0 Å². The summed E-state index contributed by atoms with van der Waals surface area (Å²) >= 11 is 0. The monoisotopic (exact) mass is 509 g/mol. The number of pyridine rings is 1. The molecule has 9 nitrogen and oxygen atoms in total. The van der Waals surface area contributed by atoms with Crippen LogP contribution in [0.4, 0.5) is 17.6 Å². The zero-order valence-corrected chi connectivity index (χ0v) is 22.1. The highest BCUT2D eigenvalue weighted by atomic mass is 15.4. The Bertz CT molecular complexity index is 1440. The molecule has 9 heteroatoms. The first kappa shape index (κ1) is 24.5. The van der Waals surface area contributed by atoms with Gasteiger partial charge in [-0.15, -0.1) is 15.3 Å². The van der Waals surface area contributed by atoms with Crippen LogP contribution in [-0.4, -0.2) is 42.0 Å². The van der Waals surface area contributed by atoms with Gasteiger partial charge in [0.25, 0.3) is 0 Å². The Morgan fingerprint density at radius 3 is 2.76 bits per heavy atom. The quantitative estimate of drug-likeness (QED) is 0.323. The molecule has 0 bridgehead atoms. The van der Waals surface area contributed by atoms with E-state index in [1.54, 1.807) is 4.68 Å². The maximum Gasteiger partial charge on any atom is 0.248 e. The lowest BCUT2D eigenvalue weighted by molar-refractivity contribution is 0.403. The van der Waals surface area contributed by atoms with E-state index in [2.05, 4.69) is 74.0 Å². The Labute approximate surface area is 223 Å². The van der Waals surface area contributed by atoms with E-state index in [1.807, 2.05) is 18.3 Å². The first-order chi connectivity index (χ1) is 18.6. The van der Waals surface area contributed by atoms with Crippen molar-refractivity contribution < 1.29 is 0 Å². The molecule has 3 aromatic heterocycles. The van der Waals surface area contributed by atoms with Gasteiger partial charge in [-0.05, 0) is 105 Å². The minimum atomic E-state index is 0.270. The van der Waals surface area contributed by atoms with Crippen LogP contribution in [0.15, 0.2) is 42.6 Å². The van der Waals surface area contributed by atoms with Crippen molar-refractivity contribution in [2.75, 3.05) is 11.1 Å². The number of aryl methyl sites for hydroxylation is 4. The molecule has 4 aromatic rings. The van der Waals surface area contributed by atoms with Crippen LogP contribution in [0, 0.1) is 0 Å². The number of nitrogen functional groups attached to an aromatic ring is 1. The molecule has 1 aromatic carbocycles. The number of benzene rings is 1. The molecule has 4 N–H and O–H groups in total. The van der Waals surface area contributed by atoms with E-state index in [-0.39, 0.29) is 5.95 Å². The van der Waals surface area contributed by atoms with E-state index < -0.39 is 0 Å². The second-order valence-corrected chi connectivity index (χ2v) is 10.5. The number of fused-ring (bicyclic) bond motifs is 4. The fraction of sp³-hybridized carbons (Fsp3) is 0.414. The molecule has 0 spiro atoms. The fourth-order valence-corrected chi connectivity index (χ4v) is 5.58. The lowest BCUT2D eigenvalue weighted by Crippen LogP contribution is -2.36. The van der Waals surface area contributed by atoms with Crippen LogP contribution < -0.4 is 16.4 Å². The van der Waals surface area contributed by atoms with E-state index in [0.717, 1.165) is 73.1 Å². The fourth-order valence-electron chi connectivity index (χ4n) is 5.58. The highest BCUT2D eigenvalue weighted by molar-refractivity contribution is 5.67. The van der Waals surface area contributed by atoms with Crippen LogP contribution in [0.2, 0.25) is 0 Å². The number of aromatic nitrogens is 6. The molecule has 0 fully saturated rings. The average molecular weight is 510 g/mol. The number of nitrogens with one attached hydrogen (secondary N) is 2. The number of anilines is 3. The summed E-state index contributed by atoms with van der Waals surface area (Å²) in [4.78, 5) is 9.00. The van der Waals surface area contributed by atoms with Crippen molar-refractivity contribution in [1.29, 1.82) is 0 Å². The highest BCUT2D eigenvalue weighted by Crippen LogP contribution is 2.30. The Balaban J connectivity index is 1.20. The molecular formula is C29H35N9. The largest absolute Gasteiger partial charge is 0.368 e. The van der Waals surface area contributed by atoms with E-state index in [0.29, 0.717) is 23.8 Å². The molecule has 0 saturated heterocycles. The van der Waals surface area contributed by atoms with Crippen molar-refractivity contribution >= 4 is 17.6 Å². The molecule has 2 aliphatic carbocycles. The molecule has 6 rings (SSSR count). The number of hydrogen-bond acceptors (Lipinski definition) is 8. The van der Waals surface area contributed by atoms with Gasteiger partial charge in [-0.1, -0.05) is 13.0 Å². The van der Waals surface area contributed by atoms with Crippen molar-refractivity contribution in [3.05, 3.63) is 65.0 Å². The third-order valence-corrected chi connectivity index (χ3v) is 7.83. The van der Waals surface area contributed by atoms with Gasteiger partial charge < -0.3 is 16.4 Å². The molecule has 0 amide bonds. The Morgan fingerprint density at radius 2 is 1.89 bits per heavy atom. The Morgan fingerprint density at radius 1 is 1.03 bits per heavy atom. The number of hydrogen-bond donors (Lipinski definition) is 3. The summed E-state index contributed by atoms with van der Waals surface area (Å²) in [5, 5.41) is 20.8. The Hall–Kier alpha value is -3.85. The first-order valence-corrected chi connectivity index (χ1v) is 13.8. The van der Waals surface area contributed by atoms with Gasteiger partial charge in [0, 0.05) is 35.2 Å². The molecule has 0 radical (unpaired) electrons. The molecule has 38 heavy (non-hydrogen) atoms. The summed E-state index contributed by atoms with van der Waals surface area (Å²) in [6, 6.07) is 13.7. The van der Waals surface area contributed by atoms with Crippen LogP contribution in [0.5, 0.6) is 0 Å². The maximum atomic E-state index is 6.27. The van der Waals surface area contributed by atoms with Gasteiger partial charge in [-0.25, -0.2) is 0 Å². The summed E-state index contributed by atoms with van der Waals surface area (Å²) in [6.45, 7) is 4.50. The standard InChI is InChI=1S/C29H35N9/c1-3-18(2)32-22-12-9-19-10-14-23(16-20(19)11-13-22)33-29-34-28(30)38(37-29)26-17-21-6-4-8-25-24(7-5-15-31-25)27(21)36-35-26/h5,7,10,14-18,22,32H,3-4,6,8-9,11-13H2,1-2H3,(H3,30,33,34,37)/t18?,22-/m1/s1. The minimum absolute atomic E-state index is 0.270. The average Bonchev–Trinajstić information content (AvgIpc) is 3.08. The van der Waals surface area contributed by atoms with Crippen molar-refractivity contribution in [2.45, 2.75) is 77.3 Å². The molecule has 0 saturated carbocycles. The first-order valence-electron chi connectivity index (χ1n) is 13.8. The molecule has 2 atom stereocenters. The zero-order valence-electron chi connectivity index (χ0n) is 22.1. The molecule has 0 aliphatic heterocycles. The highest BCUT2D eigenvalue weighted by Gasteiger charge is 2.21. The predicted molar refractivity (Wildman–Crippen MR) is 150 cm³/mol. The van der Waals surface area contributed by atoms with Gasteiger partial charge in [0.05, 0.1) is 5.69 Å². The van der Waals surface area contributed by atoms with Crippen LogP contribution in [0.25, 0.3) is 17.1 Å². The van der Waals surface area contributed by atoms with Crippen molar-refractivity contribution in [2.24, 2.45) is 0 Å². The van der Waals surface area contributed by atoms with Gasteiger partial charge in [0.2, 0.25) is 11.9 Å². The summed E-state index contributed by atoms with van der Waals surface area (Å²) in [6.07, 6.45) is 10.3. The lowest BCUT2D eigenvalue weighted by atomic mass is 10.0. The number of nitrogens with two attached hydrogens (primary N) is 1. The predicted octanol–water partition coefficient (Wildman–Crippen LogP) is 4.57. The van der Waals surface area contributed by atoms with Gasteiger partial charge in [0.1, 0.15) is 0 Å². The van der Waals surface area contributed by atoms with Crippen molar-refractivity contribution in [3.8, 4) is 17.1 Å². The molecule has 2 aliphatic rings. The van der Waals surface area contributed by atoms with E-state index in [9.17, 15) is 0 Å². The van der Waals surface area contributed by atoms with Crippen LogP contribution in [-0.2, 0) is 25.7 Å². The van der Waals surface area contributed by atoms with Gasteiger partial charge in [-0.2, -0.15) is 9.67 Å². The van der Waals surface area contributed by atoms with Crippen LogP contribution >= 0.6 is 0 Å². The summed E-state index contributed by atoms with van der Waals surface area (Å²) in [5.74, 6) is 1.28. The molecule has 1 unspecified atom stereocenters. The summed E-state index contributed by atoms with van der Waals surface area (Å²) in [7, 11) is 0. The molecule has 196 valence electrons. The topological polar surface area (TPSA) is 119 Å². The SMILES string of the molecule is CCC(C)N[C@@H]1CCc2ccc(Nc3nc(N)n(-c4cc5c(nn4)-c4cccnc4CCC5)n3)cc2CC1. The second-order valence-electron chi connectivity index (χ2n) is 10.5. The Kier molecular flexibility index (Phi) is 6.76. The van der Waals surface area contributed by atoms with E-state index in [1.165, 1.54) is 17.5 Å². The van der Waals surface area contributed by atoms with Gasteiger partial charge in [0.15, 0.2) is 5.82 Å². The second kappa shape index (κ2) is 10.5. The lowest BCUT2D eigenvalue weighted by Gasteiger charge is -2.20. The van der Waals surface area contributed by atoms with Gasteiger partial charge in [-0.3, -0.25) is 4.98 Å². The smallest absolute Gasteiger partial charge is 0.248 e. The van der Waals surface area contributed by atoms with Crippen molar-refractivity contribution in [1.82, 2.24) is 35.3 Å². The number of rotatable bonds is 6. The third kappa shape index (κ3) is 4.98.